The Balaban J connectivity index is 1.74. The van der Waals surface area contributed by atoms with Gasteiger partial charge in [-0.25, -0.2) is 10.2 Å². The van der Waals surface area contributed by atoms with Crippen LogP contribution in [0.15, 0.2) is 65.8 Å². The van der Waals surface area contributed by atoms with Crippen molar-refractivity contribution in [2.75, 3.05) is 0 Å². The second-order valence-corrected chi connectivity index (χ2v) is 6.13. The number of benzene rings is 2. The maximum absolute atomic E-state index is 12.4. The number of carbonyl (C=O) groups is 2. The molecule has 0 aliphatic carbocycles. The fourth-order valence-corrected chi connectivity index (χ4v) is 2.84. The fourth-order valence-electron chi connectivity index (χ4n) is 2.84. The molecule has 6 nitrogen and oxygen atoms in total. The van der Waals surface area contributed by atoms with Crippen LogP contribution < -0.4 is 5.43 Å². The van der Waals surface area contributed by atoms with Crippen molar-refractivity contribution < 1.29 is 14.7 Å². The Labute approximate surface area is 156 Å². The molecule has 136 valence electrons. The van der Waals surface area contributed by atoms with Crippen LogP contribution in [0.25, 0.3) is 5.69 Å². The number of hydrazone groups is 1. The standard InChI is InChI=1S/C21H19N3O3/c1-14-9-10-15(2)24(14)19-8-4-6-17(12-19)20(25)23-22-13-16-5-3-7-18(11-16)21(26)27/h3-13H,1-2H3,(H,23,25)(H,26,27). The molecule has 0 unspecified atom stereocenters. The van der Waals surface area contributed by atoms with E-state index in [0.717, 1.165) is 17.1 Å². The molecule has 0 saturated carbocycles. The van der Waals surface area contributed by atoms with Crippen molar-refractivity contribution in [3.05, 3.63) is 88.7 Å². The molecule has 1 heterocycles. The summed E-state index contributed by atoms with van der Waals surface area (Å²) in [6, 6.07) is 17.6. The summed E-state index contributed by atoms with van der Waals surface area (Å²) in [6.45, 7) is 4.02. The van der Waals surface area contributed by atoms with Crippen LogP contribution >= 0.6 is 0 Å². The number of amides is 1. The lowest BCUT2D eigenvalue weighted by atomic mass is 10.1. The maximum atomic E-state index is 12.4. The number of aromatic carboxylic acids is 1. The number of carbonyl (C=O) groups excluding carboxylic acids is 1. The van der Waals surface area contributed by atoms with Crippen LogP contribution in [0.3, 0.4) is 0 Å². The summed E-state index contributed by atoms with van der Waals surface area (Å²) in [5, 5.41) is 12.9. The summed E-state index contributed by atoms with van der Waals surface area (Å²) in [6.07, 6.45) is 1.41. The molecule has 0 saturated heterocycles. The summed E-state index contributed by atoms with van der Waals surface area (Å²) in [7, 11) is 0. The van der Waals surface area contributed by atoms with Crippen LogP contribution in [0.2, 0.25) is 0 Å². The van der Waals surface area contributed by atoms with Gasteiger partial charge in [0.15, 0.2) is 0 Å². The van der Waals surface area contributed by atoms with Crippen LogP contribution in [0.1, 0.15) is 37.7 Å². The molecule has 1 amide bonds. The number of aromatic nitrogens is 1. The van der Waals surface area contributed by atoms with Gasteiger partial charge in [-0.15, -0.1) is 0 Å². The van der Waals surface area contributed by atoms with Crippen molar-refractivity contribution >= 4 is 18.1 Å². The van der Waals surface area contributed by atoms with E-state index < -0.39 is 5.97 Å². The predicted molar refractivity (Wildman–Crippen MR) is 104 cm³/mol. The van der Waals surface area contributed by atoms with Gasteiger partial charge >= 0.3 is 5.97 Å². The fraction of sp³-hybridized carbons (Fsp3) is 0.0952. The number of hydrogen-bond acceptors (Lipinski definition) is 3. The highest BCUT2D eigenvalue weighted by molar-refractivity contribution is 5.95. The van der Waals surface area contributed by atoms with Gasteiger partial charge < -0.3 is 9.67 Å². The Morgan fingerprint density at radius 1 is 0.963 bits per heavy atom. The largest absolute Gasteiger partial charge is 0.478 e. The third-order valence-electron chi connectivity index (χ3n) is 4.15. The van der Waals surface area contributed by atoms with Gasteiger partial charge in [0.05, 0.1) is 11.8 Å². The normalized spacial score (nSPS) is 10.9. The first-order chi connectivity index (χ1) is 13.0. The molecule has 0 aliphatic rings. The average molecular weight is 361 g/mol. The Bertz CT molecular complexity index is 1020. The number of nitrogens with zero attached hydrogens (tertiary/aromatic N) is 2. The van der Waals surface area contributed by atoms with E-state index in [1.165, 1.54) is 18.3 Å². The zero-order chi connectivity index (χ0) is 19.4. The van der Waals surface area contributed by atoms with Gasteiger partial charge in [0.1, 0.15) is 0 Å². The van der Waals surface area contributed by atoms with Gasteiger partial charge in [-0.1, -0.05) is 18.2 Å². The molecule has 2 aromatic carbocycles. The van der Waals surface area contributed by atoms with Crippen LogP contribution in [0.4, 0.5) is 0 Å². The Kier molecular flexibility index (Phi) is 5.17. The predicted octanol–water partition coefficient (Wildman–Crippen LogP) is 3.56. The van der Waals surface area contributed by atoms with E-state index in [9.17, 15) is 9.59 Å². The summed E-state index contributed by atoms with van der Waals surface area (Å²) in [4.78, 5) is 23.4. The minimum Gasteiger partial charge on any atom is -0.478 e. The van der Waals surface area contributed by atoms with Crippen molar-refractivity contribution in [1.82, 2.24) is 9.99 Å². The van der Waals surface area contributed by atoms with E-state index in [0.29, 0.717) is 11.1 Å². The monoisotopic (exact) mass is 361 g/mol. The molecule has 0 fully saturated rings. The first-order valence-corrected chi connectivity index (χ1v) is 8.38. The highest BCUT2D eigenvalue weighted by Gasteiger charge is 2.09. The van der Waals surface area contributed by atoms with Crippen molar-refractivity contribution in [1.29, 1.82) is 0 Å². The summed E-state index contributed by atoms with van der Waals surface area (Å²) >= 11 is 0. The first kappa shape index (κ1) is 18.1. The molecule has 2 N–H and O–H groups in total. The molecule has 0 bridgehead atoms. The second kappa shape index (κ2) is 7.70. The topological polar surface area (TPSA) is 83.7 Å². The highest BCUT2D eigenvalue weighted by Crippen LogP contribution is 2.17. The zero-order valence-electron chi connectivity index (χ0n) is 15.0. The Morgan fingerprint density at radius 2 is 1.63 bits per heavy atom. The van der Waals surface area contributed by atoms with Crippen LogP contribution in [0.5, 0.6) is 0 Å². The lowest BCUT2D eigenvalue weighted by Crippen LogP contribution is -2.18. The molecule has 0 radical (unpaired) electrons. The lowest BCUT2D eigenvalue weighted by molar-refractivity contribution is 0.0696. The molecular formula is C21H19N3O3. The number of carboxylic acids is 1. The summed E-state index contributed by atoms with van der Waals surface area (Å²) in [5.74, 6) is -1.35. The Hall–Kier alpha value is -3.67. The number of hydrogen-bond donors (Lipinski definition) is 2. The van der Waals surface area contributed by atoms with E-state index in [1.54, 1.807) is 24.3 Å². The molecule has 0 spiro atoms. The molecule has 3 rings (SSSR count). The van der Waals surface area contributed by atoms with Crippen LogP contribution in [-0.2, 0) is 0 Å². The van der Waals surface area contributed by atoms with E-state index in [2.05, 4.69) is 15.1 Å². The quantitative estimate of drug-likeness (QED) is 0.538. The van der Waals surface area contributed by atoms with Gasteiger partial charge in [-0.05, 0) is 61.9 Å². The van der Waals surface area contributed by atoms with Gasteiger partial charge in [0.25, 0.3) is 5.91 Å². The molecule has 3 aromatic rings. The SMILES string of the molecule is Cc1ccc(C)n1-c1cccc(C(=O)NN=Cc2cccc(C(=O)O)c2)c1. The van der Waals surface area contributed by atoms with Gasteiger partial charge in [0, 0.05) is 22.6 Å². The molecule has 27 heavy (non-hydrogen) atoms. The van der Waals surface area contributed by atoms with E-state index in [-0.39, 0.29) is 11.5 Å². The highest BCUT2D eigenvalue weighted by atomic mass is 16.4. The van der Waals surface area contributed by atoms with Gasteiger partial charge in [-0.3, -0.25) is 4.79 Å². The van der Waals surface area contributed by atoms with Crippen molar-refractivity contribution in [2.45, 2.75) is 13.8 Å². The van der Waals surface area contributed by atoms with E-state index in [4.69, 9.17) is 5.11 Å². The van der Waals surface area contributed by atoms with Crippen molar-refractivity contribution in [3.8, 4) is 5.69 Å². The number of rotatable bonds is 5. The molecule has 1 aromatic heterocycles. The minimum absolute atomic E-state index is 0.162. The smallest absolute Gasteiger partial charge is 0.335 e. The molecule has 0 atom stereocenters. The van der Waals surface area contributed by atoms with Gasteiger partial charge in [-0.2, -0.15) is 5.10 Å². The number of carboxylic acid groups (broad SMARTS) is 1. The van der Waals surface area contributed by atoms with Crippen LogP contribution in [-0.4, -0.2) is 27.8 Å². The number of nitrogens with one attached hydrogen (secondary N) is 1. The second-order valence-electron chi connectivity index (χ2n) is 6.13. The molecular weight excluding hydrogens is 342 g/mol. The van der Waals surface area contributed by atoms with Crippen LogP contribution in [0, 0.1) is 13.8 Å². The van der Waals surface area contributed by atoms with E-state index in [1.807, 2.05) is 38.1 Å². The summed E-state index contributed by atoms with van der Waals surface area (Å²) < 4.78 is 2.07. The Morgan fingerprint density at radius 3 is 2.33 bits per heavy atom. The summed E-state index contributed by atoms with van der Waals surface area (Å²) in [5.41, 5.74) is 6.78. The van der Waals surface area contributed by atoms with Crippen molar-refractivity contribution in [2.24, 2.45) is 5.10 Å². The third kappa shape index (κ3) is 4.12. The van der Waals surface area contributed by atoms with Crippen molar-refractivity contribution in [3.63, 3.8) is 0 Å². The van der Waals surface area contributed by atoms with E-state index >= 15 is 0 Å². The average Bonchev–Trinajstić information content (AvgIpc) is 3.00. The molecule has 6 heteroatoms. The third-order valence-corrected chi connectivity index (χ3v) is 4.15. The lowest BCUT2D eigenvalue weighted by Gasteiger charge is -2.10. The molecule has 0 aliphatic heterocycles. The first-order valence-electron chi connectivity index (χ1n) is 8.38. The number of aryl methyl sites for hydroxylation is 2. The minimum atomic E-state index is -1.01. The van der Waals surface area contributed by atoms with Gasteiger partial charge in [0.2, 0.25) is 0 Å². The maximum Gasteiger partial charge on any atom is 0.335 e. The zero-order valence-corrected chi connectivity index (χ0v) is 15.0.